The van der Waals surface area contributed by atoms with E-state index >= 15 is 0 Å². The smallest absolute Gasteiger partial charge is 0.228 e. The van der Waals surface area contributed by atoms with Crippen LogP contribution in [0.4, 0.5) is 11.4 Å². The SMILES string of the molecule is CC1(C)CC1C(=O)Nc1cc(Cl)ccc1N. The highest BCUT2D eigenvalue weighted by Crippen LogP contribution is 2.52. The molecule has 1 aliphatic carbocycles. The van der Waals surface area contributed by atoms with E-state index in [-0.39, 0.29) is 17.2 Å². The highest BCUT2D eigenvalue weighted by atomic mass is 35.5. The summed E-state index contributed by atoms with van der Waals surface area (Å²) < 4.78 is 0. The number of nitrogens with one attached hydrogen (secondary N) is 1. The summed E-state index contributed by atoms with van der Waals surface area (Å²) in [5.41, 5.74) is 7.01. The van der Waals surface area contributed by atoms with Gasteiger partial charge in [0.05, 0.1) is 11.4 Å². The summed E-state index contributed by atoms with van der Waals surface area (Å²) in [7, 11) is 0. The van der Waals surface area contributed by atoms with E-state index in [0.717, 1.165) is 6.42 Å². The number of halogens is 1. The normalized spacial score (nSPS) is 21.6. The highest BCUT2D eigenvalue weighted by Gasteiger charge is 2.50. The van der Waals surface area contributed by atoms with Crippen LogP contribution in [0.25, 0.3) is 0 Å². The Morgan fingerprint density at radius 3 is 2.75 bits per heavy atom. The van der Waals surface area contributed by atoms with E-state index < -0.39 is 0 Å². The van der Waals surface area contributed by atoms with Crippen molar-refractivity contribution < 1.29 is 4.79 Å². The summed E-state index contributed by atoms with van der Waals surface area (Å²) in [5, 5.41) is 3.39. The molecule has 1 saturated carbocycles. The molecule has 2 rings (SSSR count). The van der Waals surface area contributed by atoms with Crippen LogP contribution >= 0.6 is 11.6 Å². The number of carbonyl (C=O) groups is 1. The molecule has 0 radical (unpaired) electrons. The standard InChI is InChI=1S/C12H15ClN2O/c1-12(2)6-8(12)11(16)15-10-5-7(13)3-4-9(10)14/h3-5,8H,6,14H2,1-2H3,(H,15,16). The van der Waals surface area contributed by atoms with E-state index in [2.05, 4.69) is 19.2 Å². The average Bonchev–Trinajstić information content (AvgIpc) is 2.82. The summed E-state index contributed by atoms with van der Waals surface area (Å²) in [6, 6.07) is 5.06. The summed E-state index contributed by atoms with van der Waals surface area (Å²) in [6.07, 6.45) is 0.930. The minimum absolute atomic E-state index is 0.0268. The maximum Gasteiger partial charge on any atom is 0.228 e. The summed E-state index contributed by atoms with van der Waals surface area (Å²) >= 11 is 5.84. The maximum atomic E-state index is 11.8. The number of nitrogens with two attached hydrogens (primary N) is 1. The van der Waals surface area contributed by atoms with Gasteiger partial charge in [-0.1, -0.05) is 25.4 Å². The lowest BCUT2D eigenvalue weighted by atomic mass is 10.1. The number of nitrogen functional groups attached to an aromatic ring is 1. The predicted molar refractivity (Wildman–Crippen MR) is 66.4 cm³/mol. The predicted octanol–water partition coefficient (Wildman–Crippen LogP) is 2.91. The van der Waals surface area contributed by atoms with Crippen molar-refractivity contribution in [3.63, 3.8) is 0 Å². The minimum atomic E-state index is 0.0268. The van der Waals surface area contributed by atoms with Crippen molar-refractivity contribution in [1.29, 1.82) is 0 Å². The van der Waals surface area contributed by atoms with Crippen molar-refractivity contribution >= 4 is 28.9 Å². The van der Waals surface area contributed by atoms with E-state index in [9.17, 15) is 4.79 Å². The van der Waals surface area contributed by atoms with Gasteiger partial charge in [0.15, 0.2) is 0 Å². The molecular weight excluding hydrogens is 224 g/mol. The van der Waals surface area contributed by atoms with Gasteiger partial charge in [-0.25, -0.2) is 0 Å². The van der Waals surface area contributed by atoms with Crippen molar-refractivity contribution in [2.75, 3.05) is 11.1 Å². The van der Waals surface area contributed by atoms with Gasteiger partial charge in [0, 0.05) is 10.9 Å². The number of amides is 1. The van der Waals surface area contributed by atoms with Crippen LogP contribution in [0, 0.1) is 11.3 Å². The Morgan fingerprint density at radius 1 is 1.56 bits per heavy atom. The number of benzene rings is 1. The van der Waals surface area contributed by atoms with Crippen LogP contribution in [0.5, 0.6) is 0 Å². The first-order valence-electron chi connectivity index (χ1n) is 5.26. The molecular formula is C12H15ClN2O. The topological polar surface area (TPSA) is 55.1 Å². The number of carbonyl (C=O) groups excluding carboxylic acids is 1. The fourth-order valence-electron chi connectivity index (χ4n) is 1.77. The van der Waals surface area contributed by atoms with E-state index in [0.29, 0.717) is 16.4 Å². The third-order valence-electron chi connectivity index (χ3n) is 3.10. The summed E-state index contributed by atoms with van der Waals surface area (Å²) in [6.45, 7) is 4.16. The van der Waals surface area contributed by atoms with Gasteiger partial charge in [0.1, 0.15) is 0 Å². The van der Waals surface area contributed by atoms with Crippen molar-refractivity contribution in [1.82, 2.24) is 0 Å². The second-order valence-electron chi connectivity index (χ2n) is 4.97. The monoisotopic (exact) mass is 238 g/mol. The highest BCUT2D eigenvalue weighted by molar-refractivity contribution is 6.31. The molecule has 0 heterocycles. The molecule has 3 nitrogen and oxygen atoms in total. The Morgan fingerprint density at radius 2 is 2.19 bits per heavy atom. The molecule has 16 heavy (non-hydrogen) atoms. The number of anilines is 2. The van der Waals surface area contributed by atoms with Crippen molar-refractivity contribution in [3.05, 3.63) is 23.2 Å². The molecule has 0 saturated heterocycles. The minimum Gasteiger partial charge on any atom is -0.397 e. The summed E-state index contributed by atoms with van der Waals surface area (Å²) in [4.78, 5) is 11.8. The van der Waals surface area contributed by atoms with E-state index in [1.807, 2.05) is 0 Å². The largest absolute Gasteiger partial charge is 0.397 e. The Kier molecular flexibility index (Phi) is 2.58. The lowest BCUT2D eigenvalue weighted by molar-refractivity contribution is -0.117. The van der Waals surface area contributed by atoms with Gasteiger partial charge >= 0.3 is 0 Å². The Hall–Kier alpha value is -1.22. The van der Waals surface area contributed by atoms with Gasteiger partial charge in [-0.15, -0.1) is 0 Å². The third kappa shape index (κ3) is 2.14. The van der Waals surface area contributed by atoms with E-state index in [1.165, 1.54) is 0 Å². The fourth-order valence-corrected chi connectivity index (χ4v) is 1.94. The third-order valence-corrected chi connectivity index (χ3v) is 3.34. The van der Waals surface area contributed by atoms with Gasteiger partial charge in [-0.3, -0.25) is 4.79 Å². The van der Waals surface area contributed by atoms with Crippen LogP contribution in [-0.4, -0.2) is 5.91 Å². The molecule has 4 heteroatoms. The molecule has 1 aromatic carbocycles. The zero-order valence-corrected chi connectivity index (χ0v) is 10.1. The van der Waals surface area contributed by atoms with Gasteiger partial charge in [-0.2, -0.15) is 0 Å². The first-order valence-corrected chi connectivity index (χ1v) is 5.64. The Labute approximate surface area is 100.0 Å². The average molecular weight is 239 g/mol. The Balaban J connectivity index is 2.10. The molecule has 3 N–H and O–H groups in total. The van der Waals surface area contributed by atoms with Gasteiger partial charge in [-0.05, 0) is 30.0 Å². The van der Waals surface area contributed by atoms with Crippen LogP contribution < -0.4 is 11.1 Å². The maximum absolute atomic E-state index is 11.8. The van der Waals surface area contributed by atoms with E-state index in [4.69, 9.17) is 17.3 Å². The molecule has 1 fully saturated rings. The lowest BCUT2D eigenvalue weighted by Gasteiger charge is -2.09. The number of hydrogen-bond donors (Lipinski definition) is 2. The van der Waals surface area contributed by atoms with Crippen LogP contribution in [0.15, 0.2) is 18.2 Å². The first-order chi connectivity index (χ1) is 7.40. The second-order valence-corrected chi connectivity index (χ2v) is 5.40. The fraction of sp³-hybridized carbons (Fsp3) is 0.417. The molecule has 1 unspecified atom stereocenters. The molecule has 1 aromatic rings. The van der Waals surface area contributed by atoms with Crippen molar-refractivity contribution in [2.24, 2.45) is 11.3 Å². The zero-order chi connectivity index (χ0) is 11.9. The lowest BCUT2D eigenvalue weighted by Crippen LogP contribution is -2.17. The number of hydrogen-bond acceptors (Lipinski definition) is 2. The molecule has 0 spiro atoms. The van der Waals surface area contributed by atoms with Gasteiger partial charge in [0.2, 0.25) is 5.91 Å². The number of rotatable bonds is 2. The van der Waals surface area contributed by atoms with Crippen LogP contribution in [-0.2, 0) is 4.79 Å². The van der Waals surface area contributed by atoms with Gasteiger partial charge < -0.3 is 11.1 Å². The quantitative estimate of drug-likeness (QED) is 0.779. The van der Waals surface area contributed by atoms with Crippen LogP contribution in [0.2, 0.25) is 5.02 Å². The molecule has 0 aromatic heterocycles. The summed E-state index contributed by atoms with van der Waals surface area (Å²) in [5.74, 6) is 0.116. The Bertz CT molecular complexity index is 443. The molecule has 0 bridgehead atoms. The molecule has 1 amide bonds. The first kappa shape index (κ1) is 11.3. The molecule has 1 atom stereocenters. The van der Waals surface area contributed by atoms with Gasteiger partial charge in [0.25, 0.3) is 0 Å². The molecule has 0 aliphatic heterocycles. The van der Waals surface area contributed by atoms with Crippen LogP contribution in [0.1, 0.15) is 20.3 Å². The molecule has 86 valence electrons. The molecule has 1 aliphatic rings. The second kappa shape index (κ2) is 3.67. The van der Waals surface area contributed by atoms with Crippen molar-refractivity contribution in [2.45, 2.75) is 20.3 Å². The zero-order valence-electron chi connectivity index (χ0n) is 9.38. The van der Waals surface area contributed by atoms with Crippen LogP contribution in [0.3, 0.4) is 0 Å². The van der Waals surface area contributed by atoms with E-state index in [1.54, 1.807) is 18.2 Å². The van der Waals surface area contributed by atoms with Crippen molar-refractivity contribution in [3.8, 4) is 0 Å².